The number of pyridine rings is 1. The molecular formula is C11H10F3N3O. The van der Waals surface area contributed by atoms with Gasteiger partial charge in [-0.2, -0.15) is 18.3 Å². The van der Waals surface area contributed by atoms with Gasteiger partial charge in [0.25, 0.3) is 0 Å². The van der Waals surface area contributed by atoms with Crippen molar-refractivity contribution in [2.75, 3.05) is 0 Å². The molecular weight excluding hydrogens is 247 g/mol. The SMILES string of the molecule is Cn1nccc1C(O)c1cnccc1C(F)(F)F. The number of aliphatic hydroxyl groups is 1. The van der Waals surface area contributed by atoms with Crippen LogP contribution in [0.4, 0.5) is 13.2 Å². The Morgan fingerprint density at radius 2 is 2.00 bits per heavy atom. The molecule has 7 heteroatoms. The molecule has 0 bridgehead atoms. The van der Waals surface area contributed by atoms with E-state index in [4.69, 9.17) is 0 Å². The van der Waals surface area contributed by atoms with E-state index < -0.39 is 17.8 Å². The van der Waals surface area contributed by atoms with Crippen LogP contribution in [-0.4, -0.2) is 19.9 Å². The Bertz CT molecular complexity index is 550. The van der Waals surface area contributed by atoms with E-state index in [9.17, 15) is 18.3 Å². The number of hydrogen-bond acceptors (Lipinski definition) is 3. The Morgan fingerprint density at radius 1 is 1.28 bits per heavy atom. The van der Waals surface area contributed by atoms with Gasteiger partial charge in [0.1, 0.15) is 6.10 Å². The van der Waals surface area contributed by atoms with Crippen LogP contribution in [0, 0.1) is 0 Å². The van der Waals surface area contributed by atoms with Crippen LogP contribution in [0.1, 0.15) is 22.9 Å². The fourth-order valence-electron chi connectivity index (χ4n) is 1.69. The summed E-state index contributed by atoms with van der Waals surface area (Å²) >= 11 is 0. The summed E-state index contributed by atoms with van der Waals surface area (Å²) in [7, 11) is 1.54. The molecule has 0 aliphatic carbocycles. The van der Waals surface area contributed by atoms with Gasteiger partial charge in [-0.05, 0) is 12.1 Å². The normalized spacial score (nSPS) is 13.6. The van der Waals surface area contributed by atoms with Crippen molar-refractivity contribution in [2.24, 2.45) is 7.05 Å². The maximum Gasteiger partial charge on any atom is 0.416 e. The van der Waals surface area contributed by atoms with Crippen LogP contribution in [0.25, 0.3) is 0 Å². The summed E-state index contributed by atoms with van der Waals surface area (Å²) in [5.41, 5.74) is -0.909. The van der Waals surface area contributed by atoms with Gasteiger partial charge >= 0.3 is 6.18 Å². The van der Waals surface area contributed by atoms with Gasteiger partial charge in [-0.3, -0.25) is 9.67 Å². The number of aryl methyl sites for hydroxylation is 1. The highest BCUT2D eigenvalue weighted by atomic mass is 19.4. The summed E-state index contributed by atoms with van der Waals surface area (Å²) in [4.78, 5) is 3.63. The molecule has 0 aliphatic heterocycles. The number of nitrogens with zero attached hydrogens (tertiary/aromatic N) is 3. The van der Waals surface area contributed by atoms with Crippen molar-refractivity contribution >= 4 is 0 Å². The number of alkyl halides is 3. The number of aliphatic hydroxyl groups excluding tert-OH is 1. The van der Waals surface area contributed by atoms with Crippen molar-refractivity contribution in [2.45, 2.75) is 12.3 Å². The molecule has 0 aromatic carbocycles. The largest absolute Gasteiger partial charge is 0.416 e. The van der Waals surface area contributed by atoms with Gasteiger partial charge in [0.05, 0.1) is 11.3 Å². The molecule has 1 unspecified atom stereocenters. The number of aromatic nitrogens is 3. The molecule has 0 aliphatic rings. The zero-order valence-corrected chi connectivity index (χ0v) is 9.39. The minimum absolute atomic E-state index is 0.272. The highest BCUT2D eigenvalue weighted by molar-refractivity contribution is 5.32. The fourth-order valence-corrected chi connectivity index (χ4v) is 1.69. The molecule has 2 heterocycles. The van der Waals surface area contributed by atoms with Crippen LogP contribution in [0.3, 0.4) is 0 Å². The lowest BCUT2D eigenvalue weighted by Gasteiger charge is -2.16. The molecule has 0 saturated heterocycles. The molecule has 0 amide bonds. The molecule has 0 radical (unpaired) electrons. The van der Waals surface area contributed by atoms with Crippen LogP contribution in [0.5, 0.6) is 0 Å². The minimum atomic E-state index is -4.53. The zero-order valence-electron chi connectivity index (χ0n) is 9.39. The van der Waals surface area contributed by atoms with E-state index in [2.05, 4.69) is 10.1 Å². The van der Waals surface area contributed by atoms with Crippen molar-refractivity contribution in [3.05, 3.63) is 47.5 Å². The van der Waals surface area contributed by atoms with E-state index in [0.717, 1.165) is 18.5 Å². The van der Waals surface area contributed by atoms with Crippen LogP contribution in [0.15, 0.2) is 30.7 Å². The average Bonchev–Trinajstić information content (AvgIpc) is 2.73. The summed E-state index contributed by atoms with van der Waals surface area (Å²) in [6.45, 7) is 0. The van der Waals surface area contributed by atoms with Crippen molar-refractivity contribution in [1.82, 2.24) is 14.8 Å². The second-order valence-electron chi connectivity index (χ2n) is 3.74. The molecule has 1 N–H and O–H groups in total. The minimum Gasteiger partial charge on any atom is -0.382 e. The fraction of sp³-hybridized carbons (Fsp3) is 0.273. The van der Waals surface area contributed by atoms with E-state index >= 15 is 0 Å². The van der Waals surface area contributed by atoms with Crippen molar-refractivity contribution in [3.63, 3.8) is 0 Å². The molecule has 2 rings (SSSR count). The molecule has 18 heavy (non-hydrogen) atoms. The van der Waals surface area contributed by atoms with Gasteiger partial charge in [0, 0.05) is 31.2 Å². The smallest absolute Gasteiger partial charge is 0.382 e. The molecule has 2 aromatic heterocycles. The van der Waals surface area contributed by atoms with Crippen molar-refractivity contribution in [1.29, 1.82) is 0 Å². The van der Waals surface area contributed by atoms with Crippen molar-refractivity contribution in [3.8, 4) is 0 Å². The third kappa shape index (κ3) is 2.21. The molecule has 0 fully saturated rings. The maximum atomic E-state index is 12.8. The van der Waals surface area contributed by atoms with E-state index in [0.29, 0.717) is 0 Å². The van der Waals surface area contributed by atoms with Crippen LogP contribution in [-0.2, 0) is 13.2 Å². The maximum absolute atomic E-state index is 12.8. The second kappa shape index (κ2) is 4.41. The average molecular weight is 257 g/mol. The van der Waals surface area contributed by atoms with Gasteiger partial charge in [-0.15, -0.1) is 0 Å². The Hall–Kier alpha value is -1.89. The van der Waals surface area contributed by atoms with Crippen LogP contribution < -0.4 is 0 Å². The lowest BCUT2D eigenvalue weighted by molar-refractivity contribution is -0.139. The van der Waals surface area contributed by atoms with Crippen LogP contribution in [0.2, 0.25) is 0 Å². The van der Waals surface area contributed by atoms with Gasteiger partial charge in [-0.25, -0.2) is 0 Å². The summed E-state index contributed by atoms with van der Waals surface area (Å²) < 4.78 is 39.7. The first-order valence-electron chi connectivity index (χ1n) is 5.08. The standard InChI is InChI=1S/C11H10F3N3O/c1-17-9(3-5-16-17)10(18)7-6-15-4-2-8(7)11(12,13)14/h2-6,10,18H,1H3. The van der Waals surface area contributed by atoms with Crippen LogP contribution >= 0.6 is 0 Å². The first-order valence-corrected chi connectivity index (χ1v) is 5.08. The highest BCUT2D eigenvalue weighted by Gasteiger charge is 2.35. The molecule has 4 nitrogen and oxygen atoms in total. The van der Waals surface area contributed by atoms with Gasteiger partial charge in [-0.1, -0.05) is 0 Å². The zero-order chi connectivity index (χ0) is 13.3. The lowest BCUT2D eigenvalue weighted by Crippen LogP contribution is -2.15. The Morgan fingerprint density at radius 3 is 2.56 bits per heavy atom. The molecule has 2 aromatic rings. The number of hydrogen-bond donors (Lipinski definition) is 1. The monoisotopic (exact) mass is 257 g/mol. The summed E-state index contributed by atoms with van der Waals surface area (Å²) in [5, 5.41) is 13.8. The molecule has 0 spiro atoms. The Labute approximate surface area is 101 Å². The Kier molecular flexibility index (Phi) is 3.08. The van der Waals surface area contributed by atoms with E-state index in [1.807, 2.05) is 0 Å². The number of halogens is 3. The van der Waals surface area contributed by atoms with E-state index in [-0.39, 0.29) is 11.3 Å². The van der Waals surface area contributed by atoms with Gasteiger partial charge in [0.15, 0.2) is 0 Å². The first kappa shape index (κ1) is 12.6. The lowest BCUT2D eigenvalue weighted by atomic mass is 10.0. The molecule has 0 saturated carbocycles. The molecule has 96 valence electrons. The second-order valence-corrected chi connectivity index (χ2v) is 3.74. The summed E-state index contributed by atoms with van der Waals surface area (Å²) in [5.74, 6) is 0. The summed E-state index contributed by atoms with van der Waals surface area (Å²) in [6, 6.07) is 2.30. The predicted octanol–water partition coefficient (Wildman–Crippen LogP) is 1.92. The molecule has 1 atom stereocenters. The Balaban J connectivity index is 2.49. The third-order valence-corrected chi connectivity index (χ3v) is 2.59. The van der Waals surface area contributed by atoms with E-state index in [1.54, 1.807) is 7.05 Å². The van der Waals surface area contributed by atoms with E-state index in [1.165, 1.54) is 16.9 Å². The predicted molar refractivity (Wildman–Crippen MR) is 56.5 cm³/mol. The van der Waals surface area contributed by atoms with Gasteiger partial charge < -0.3 is 5.11 Å². The van der Waals surface area contributed by atoms with Crippen molar-refractivity contribution < 1.29 is 18.3 Å². The quantitative estimate of drug-likeness (QED) is 0.894. The topological polar surface area (TPSA) is 50.9 Å². The summed E-state index contributed by atoms with van der Waals surface area (Å²) in [6.07, 6.45) is -2.48. The van der Waals surface area contributed by atoms with Gasteiger partial charge in [0.2, 0.25) is 0 Å². The highest BCUT2D eigenvalue weighted by Crippen LogP contribution is 2.35. The first-order chi connectivity index (χ1) is 8.41. The number of rotatable bonds is 2. The third-order valence-electron chi connectivity index (χ3n) is 2.59.